The number of nitrogens with one attached hydrogen (secondary N) is 1. The lowest BCUT2D eigenvalue weighted by atomic mass is 10.0. The molecule has 104 valence electrons. The van der Waals surface area contributed by atoms with Crippen molar-refractivity contribution in [3.05, 3.63) is 0 Å². The van der Waals surface area contributed by atoms with Gasteiger partial charge < -0.3 is 21.2 Å². The van der Waals surface area contributed by atoms with Crippen LogP contribution in [0.5, 0.6) is 0 Å². The van der Waals surface area contributed by atoms with E-state index in [4.69, 9.17) is 10.9 Å². The van der Waals surface area contributed by atoms with Crippen LogP contribution in [0.2, 0.25) is 0 Å². The molecule has 1 saturated carbocycles. The molecule has 1 unspecified atom stereocenters. The Morgan fingerprint density at radius 3 is 2.67 bits per heavy atom. The minimum atomic E-state index is -0.195. The number of amides is 1. The minimum Gasteiger partial charge on any atom is -0.409 e. The van der Waals surface area contributed by atoms with Crippen LogP contribution in [-0.4, -0.2) is 48.0 Å². The smallest absolute Gasteiger partial charge is 0.239 e. The molecule has 0 saturated heterocycles. The molecule has 0 aliphatic heterocycles. The summed E-state index contributed by atoms with van der Waals surface area (Å²) in [4.78, 5) is 13.6. The summed E-state index contributed by atoms with van der Waals surface area (Å²) < 4.78 is 0. The lowest BCUT2D eigenvalue weighted by Gasteiger charge is -2.23. The molecule has 0 aromatic carbocycles. The summed E-state index contributed by atoms with van der Waals surface area (Å²) >= 11 is 0. The van der Waals surface area contributed by atoms with Crippen LogP contribution in [0.25, 0.3) is 0 Å². The Morgan fingerprint density at radius 2 is 2.22 bits per heavy atom. The van der Waals surface area contributed by atoms with Crippen LogP contribution in [0.1, 0.15) is 33.1 Å². The second-order valence-electron chi connectivity index (χ2n) is 5.22. The standard InChI is InChI=1S/C12H24N4O2/c1-4-16(3)11(17)9(2)14-8-12(5-6-12)7-10(13)15-18/h9,14,18H,4-8H2,1-3H3,(H2,13,15). The predicted molar refractivity (Wildman–Crippen MR) is 70.5 cm³/mol. The lowest BCUT2D eigenvalue weighted by molar-refractivity contribution is -0.131. The molecule has 0 spiro atoms. The molecule has 18 heavy (non-hydrogen) atoms. The van der Waals surface area contributed by atoms with Crippen LogP contribution in [-0.2, 0) is 4.79 Å². The Morgan fingerprint density at radius 1 is 1.61 bits per heavy atom. The predicted octanol–water partition coefficient (Wildman–Crippen LogP) is 0.360. The molecule has 0 radical (unpaired) electrons. The fraction of sp³-hybridized carbons (Fsp3) is 0.833. The van der Waals surface area contributed by atoms with E-state index in [1.165, 1.54) is 0 Å². The monoisotopic (exact) mass is 256 g/mol. The van der Waals surface area contributed by atoms with E-state index in [-0.39, 0.29) is 23.2 Å². The van der Waals surface area contributed by atoms with Crippen molar-refractivity contribution in [2.75, 3.05) is 20.1 Å². The molecule has 1 atom stereocenters. The average molecular weight is 256 g/mol. The summed E-state index contributed by atoms with van der Waals surface area (Å²) in [6.07, 6.45) is 2.70. The summed E-state index contributed by atoms with van der Waals surface area (Å²) in [5.41, 5.74) is 5.61. The molecule has 1 aliphatic carbocycles. The third-order valence-electron chi connectivity index (χ3n) is 3.65. The number of nitrogens with two attached hydrogens (primary N) is 1. The van der Waals surface area contributed by atoms with E-state index in [9.17, 15) is 4.79 Å². The zero-order valence-corrected chi connectivity index (χ0v) is 11.4. The van der Waals surface area contributed by atoms with Gasteiger partial charge in [0.25, 0.3) is 0 Å². The largest absolute Gasteiger partial charge is 0.409 e. The van der Waals surface area contributed by atoms with Crippen molar-refractivity contribution < 1.29 is 10.0 Å². The van der Waals surface area contributed by atoms with E-state index in [0.29, 0.717) is 13.0 Å². The molecule has 1 amide bonds. The first-order valence-corrected chi connectivity index (χ1v) is 6.39. The van der Waals surface area contributed by atoms with Crippen LogP contribution < -0.4 is 11.1 Å². The zero-order chi connectivity index (χ0) is 13.8. The van der Waals surface area contributed by atoms with Crippen LogP contribution in [0.15, 0.2) is 5.16 Å². The van der Waals surface area contributed by atoms with Gasteiger partial charge in [-0.25, -0.2) is 0 Å². The van der Waals surface area contributed by atoms with Crippen molar-refractivity contribution in [2.24, 2.45) is 16.3 Å². The van der Waals surface area contributed by atoms with Gasteiger partial charge in [0, 0.05) is 26.6 Å². The van der Waals surface area contributed by atoms with Crippen molar-refractivity contribution in [3.8, 4) is 0 Å². The van der Waals surface area contributed by atoms with Gasteiger partial charge in [0.2, 0.25) is 5.91 Å². The molecular weight excluding hydrogens is 232 g/mol. The fourth-order valence-corrected chi connectivity index (χ4v) is 1.96. The lowest BCUT2D eigenvalue weighted by Crippen LogP contribution is -2.45. The first kappa shape index (κ1) is 14.8. The normalized spacial score (nSPS) is 19.4. The van der Waals surface area contributed by atoms with Crippen LogP contribution in [0.4, 0.5) is 0 Å². The summed E-state index contributed by atoms with van der Waals surface area (Å²) in [7, 11) is 1.80. The summed E-state index contributed by atoms with van der Waals surface area (Å²) in [6, 6.07) is -0.195. The molecule has 1 rings (SSSR count). The average Bonchev–Trinajstić information content (AvgIpc) is 3.14. The Labute approximate surface area is 108 Å². The van der Waals surface area contributed by atoms with Crippen molar-refractivity contribution >= 4 is 11.7 Å². The maximum absolute atomic E-state index is 11.9. The molecule has 1 aliphatic rings. The Kier molecular flexibility index (Phi) is 4.95. The summed E-state index contributed by atoms with van der Waals surface area (Å²) in [5.74, 6) is 0.357. The number of rotatable bonds is 7. The minimum absolute atomic E-state index is 0.0790. The molecule has 0 aromatic rings. The van der Waals surface area contributed by atoms with Crippen LogP contribution in [0, 0.1) is 5.41 Å². The number of carbonyl (C=O) groups is 1. The number of hydrogen-bond donors (Lipinski definition) is 3. The number of amidine groups is 1. The first-order valence-electron chi connectivity index (χ1n) is 6.39. The topological polar surface area (TPSA) is 91.0 Å². The van der Waals surface area contributed by atoms with E-state index >= 15 is 0 Å². The van der Waals surface area contributed by atoms with E-state index in [2.05, 4.69) is 10.5 Å². The van der Waals surface area contributed by atoms with Crippen LogP contribution >= 0.6 is 0 Å². The van der Waals surface area contributed by atoms with Gasteiger partial charge in [0.15, 0.2) is 0 Å². The van der Waals surface area contributed by atoms with Gasteiger partial charge in [-0.2, -0.15) is 0 Å². The Hall–Kier alpha value is -1.30. The van der Waals surface area contributed by atoms with Crippen molar-refractivity contribution in [1.82, 2.24) is 10.2 Å². The molecule has 4 N–H and O–H groups in total. The highest BCUT2D eigenvalue weighted by atomic mass is 16.4. The highest BCUT2D eigenvalue weighted by molar-refractivity contribution is 5.81. The third kappa shape index (κ3) is 3.87. The van der Waals surface area contributed by atoms with E-state index < -0.39 is 0 Å². The number of hydrogen-bond acceptors (Lipinski definition) is 4. The van der Waals surface area contributed by atoms with Crippen molar-refractivity contribution in [3.63, 3.8) is 0 Å². The molecule has 0 heterocycles. The number of likely N-dealkylation sites (N-methyl/N-ethyl adjacent to an activating group) is 1. The van der Waals surface area contributed by atoms with Gasteiger partial charge in [-0.05, 0) is 32.1 Å². The molecule has 6 heteroatoms. The Balaban J connectivity index is 2.39. The van der Waals surface area contributed by atoms with Gasteiger partial charge in [-0.1, -0.05) is 5.16 Å². The molecule has 6 nitrogen and oxygen atoms in total. The first-order chi connectivity index (χ1) is 8.44. The fourth-order valence-electron chi connectivity index (χ4n) is 1.96. The second kappa shape index (κ2) is 6.04. The Bertz CT molecular complexity index is 326. The summed E-state index contributed by atoms with van der Waals surface area (Å²) in [5, 5.41) is 14.8. The van der Waals surface area contributed by atoms with Crippen molar-refractivity contribution in [2.45, 2.75) is 39.2 Å². The van der Waals surface area contributed by atoms with E-state index in [1.807, 2.05) is 13.8 Å². The van der Waals surface area contributed by atoms with Gasteiger partial charge >= 0.3 is 0 Å². The zero-order valence-electron chi connectivity index (χ0n) is 11.4. The highest BCUT2D eigenvalue weighted by Crippen LogP contribution is 2.48. The van der Waals surface area contributed by atoms with Gasteiger partial charge in [-0.15, -0.1) is 0 Å². The van der Waals surface area contributed by atoms with Gasteiger partial charge in [0.1, 0.15) is 5.84 Å². The molecule has 0 bridgehead atoms. The number of carbonyl (C=O) groups excluding carboxylic acids is 1. The quantitative estimate of drug-likeness (QED) is 0.265. The van der Waals surface area contributed by atoms with Gasteiger partial charge in [-0.3, -0.25) is 4.79 Å². The molecule has 0 aromatic heterocycles. The number of nitrogens with zero attached hydrogens (tertiary/aromatic N) is 2. The maximum Gasteiger partial charge on any atom is 0.239 e. The second-order valence-corrected chi connectivity index (χ2v) is 5.22. The molecular formula is C12H24N4O2. The highest BCUT2D eigenvalue weighted by Gasteiger charge is 2.43. The SMILES string of the molecule is CCN(C)C(=O)C(C)NCC1(CC(N)=NO)CC1. The van der Waals surface area contributed by atoms with E-state index in [1.54, 1.807) is 11.9 Å². The number of oxime groups is 1. The van der Waals surface area contributed by atoms with E-state index in [0.717, 1.165) is 19.4 Å². The molecule has 1 fully saturated rings. The summed E-state index contributed by atoms with van der Waals surface area (Å²) in [6.45, 7) is 5.26. The maximum atomic E-state index is 11.9. The van der Waals surface area contributed by atoms with Gasteiger partial charge in [0.05, 0.1) is 6.04 Å². The van der Waals surface area contributed by atoms with Crippen LogP contribution in [0.3, 0.4) is 0 Å². The van der Waals surface area contributed by atoms with Crippen molar-refractivity contribution in [1.29, 1.82) is 0 Å². The third-order valence-corrected chi connectivity index (χ3v) is 3.65.